The number of ether oxygens (including phenoxy) is 1. The van der Waals surface area contributed by atoms with Gasteiger partial charge in [-0.3, -0.25) is 14.5 Å². The van der Waals surface area contributed by atoms with Crippen molar-refractivity contribution < 1.29 is 9.53 Å². The number of aromatic nitrogens is 1. The summed E-state index contributed by atoms with van der Waals surface area (Å²) in [5.74, 6) is -0.358. The molecule has 204 valence electrons. The Hall–Kier alpha value is -2.97. The average molecular weight is 547 g/mol. The quantitative estimate of drug-likeness (QED) is 0.356. The number of hydrogen-bond acceptors (Lipinski definition) is 5. The van der Waals surface area contributed by atoms with E-state index in [4.69, 9.17) is 16.3 Å². The monoisotopic (exact) mass is 546 g/mol. The first-order valence-electron chi connectivity index (χ1n) is 14.0. The van der Waals surface area contributed by atoms with Gasteiger partial charge in [0.25, 0.3) is 5.91 Å². The maximum absolute atomic E-state index is 13.8. The first-order valence-corrected chi connectivity index (χ1v) is 14.4. The van der Waals surface area contributed by atoms with Crippen molar-refractivity contribution in [1.82, 2.24) is 19.5 Å². The SMILES string of the molecule is O=C(NCc1ccc(Cl)cc1)c1cn2c(CCN3CCCCC3)cc3cc(CN4CCOCC4)cc(c1=O)c32. The van der Waals surface area contributed by atoms with E-state index < -0.39 is 0 Å². The van der Waals surface area contributed by atoms with Crippen LogP contribution in [0.3, 0.4) is 0 Å². The Bertz CT molecular complexity index is 1500. The second kappa shape index (κ2) is 11.6. The molecule has 0 radical (unpaired) electrons. The number of hydrogen-bond donors (Lipinski definition) is 1. The molecule has 2 aliphatic rings. The highest BCUT2D eigenvalue weighted by Crippen LogP contribution is 2.27. The maximum atomic E-state index is 13.8. The molecular weight excluding hydrogens is 512 g/mol. The van der Waals surface area contributed by atoms with Gasteiger partial charge < -0.3 is 19.4 Å². The van der Waals surface area contributed by atoms with Gasteiger partial charge in [-0.15, -0.1) is 0 Å². The molecule has 2 aliphatic heterocycles. The maximum Gasteiger partial charge on any atom is 0.257 e. The lowest BCUT2D eigenvalue weighted by Crippen LogP contribution is -2.35. The Morgan fingerprint density at radius 2 is 1.69 bits per heavy atom. The summed E-state index contributed by atoms with van der Waals surface area (Å²) < 4.78 is 7.60. The van der Waals surface area contributed by atoms with E-state index in [2.05, 4.69) is 31.7 Å². The van der Waals surface area contributed by atoms with E-state index in [0.717, 1.165) is 86.6 Å². The Labute approximate surface area is 233 Å². The summed E-state index contributed by atoms with van der Waals surface area (Å²) >= 11 is 6.00. The predicted octanol–water partition coefficient (Wildman–Crippen LogP) is 4.33. The fourth-order valence-electron chi connectivity index (χ4n) is 5.94. The number of piperidine rings is 1. The Kier molecular flexibility index (Phi) is 7.84. The molecule has 1 N–H and O–H groups in total. The summed E-state index contributed by atoms with van der Waals surface area (Å²) in [5.41, 5.74) is 4.03. The number of likely N-dealkylation sites (tertiary alicyclic amines) is 1. The number of rotatable bonds is 8. The van der Waals surface area contributed by atoms with Crippen molar-refractivity contribution >= 4 is 33.8 Å². The largest absolute Gasteiger partial charge is 0.379 e. The molecule has 0 atom stereocenters. The van der Waals surface area contributed by atoms with Crippen LogP contribution in [0.25, 0.3) is 16.3 Å². The summed E-state index contributed by atoms with van der Waals surface area (Å²) in [6, 6.07) is 13.8. The van der Waals surface area contributed by atoms with Crippen LogP contribution in [-0.4, -0.2) is 66.0 Å². The first-order chi connectivity index (χ1) is 19.0. The van der Waals surface area contributed by atoms with E-state index in [1.165, 1.54) is 19.3 Å². The van der Waals surface area contributed by atoms with Crippen LogP contribution in [0, 0.1) is 0 Å². The summed E-state index contributed by atoms with van der Waals surface area (Å²) in [5, 5.41) is 5.26. The van der Waals surface area contributed by atoms with Crippen molar-refractivity contribution in [1.29, 1.82) is 0 Å². The van der Waals surface area contributed by atoms with E-state index in [9.17, 15) is 9.59 Å². The molecule has 0 aliphatic carbocycles. The third kappa shape index (κ3) is 5.82. The number of morpholine rings is 1. The molecule has 2 saturated heterocycles. The summed E-state index contributed by atoms with van der Waals surface area (Å²) in [7, 11) is 0. The highest BCUT2D eigenvalue weighted by molar-refractivity contribution is 6.30. The Balaban J connectivity index is 1.35. The van der Waals surface area contributed by atoms with Gasteiger partial charge in [0.15, 0.2) is 0 Å². The highest BCUT2D eigenvalue weighted by atomic mass is 35.5. The van der Waals surface area contributed by atoms with Crippen molar-refractivity contribution in [2.75, 3.05) is 45.9 Å². The van der Waals surface area contributed by atoms with Gasteiger partial charge in [0.05, 0.1) is 18.7 Å². The van der Waals surface area contributed by atoms with Crippen molar-refractivity contribution in [3.63, 3.8) is 0 Å². The lowest BCUT2D eigenvalue weighted by atomic mass is 10.0. The number of carbonyl (C=O) groups excluding carboxylic acids is 1. The van der Waals surface area contributed by atoms with E-state index in [1.54, 1.807) is 18.3 Å². The van der Waals surface area contributed by atoms with Gasteiger partial charge in [-0.05, 0) is 67.4 Å². The molecule has 7 nitrogen and oxygen atoms in total. The predicted molar refractivity (Wildman–Crippen MR) is 155 cm³/mol. The normalized spacial score (nSPS) is 17.3. The van der Waals surface area contributed by atoms with Crippen LogP contribution in [0.1, 0.15) is 46.4 Å². The number of carbonyl (C=O) groups is 1. The van der Waals surface area contributed by atoms with Gasteiger partial charge in [0.1, 0.15) is 5.56 Å². The molecule has 39 heavy (non-hydrogen) atoms. The lowest BCUT2D eigenvalue weighted by Gasteiger charge is -2.26. The molecule has 8 heteroatoms. The number of pyridine rings is 1. The molecule has 0 spiro atoms. The van der Waals surface area contributed by atoms with Gasteiger partial charge >= 0.3 is 0 Å². The number of nitrogens with zero attached hydrogens (tertiary/aromatic N) is 3. The zero-order valence-corrected chi connectivity index (χ0v) is 23.0. The molecule has 2 aromatic heterocycles. The fraction of sp³-hybridized carbons (Fsp3) is 0.419. The van der Waals surface area contributed by atoms with Crippen molar-refractivity contribution in [2.24, 2.45) is 0 Å². The minimum atomic E-state index is -0.358. The molecule has 4 heterocycles. The summed E-state index contributed by atoms with van der Waals surface area (Å²) in [6.45, 7) is 7.56. The molecule has 0 unspecified atom stereocenters. The fourth-order valence-corrected chi connectivity index (χ4v) is 6.07. The van der Waals surface area contributed by atoms with Crippen LogP contribution in [-0.2, 0) is 24.2 Å². The minimum Gasteiger partial charge on any atom is -0.379 e. The zero-order valence-electron chi connectivity index (χ0n) is 22.3. The van der Waals surface area contributed by atoms with Crippen molar-refractivity contribution in [3.05, 3.63) is 86.3 Å². The highest BCUT2D eigenvalue weighted by Gasteiger charge is 2.21. The third-order valence-corrected chi connectivity index (χ3v) is 8.32. The second-order valence-corrected chi connectivity index (χ2v) is 11.2. The van der Waals surface area contributed by atoms with Gasteiger partial charge in [0.2, 0.25) is 5.43 Å². The number of amides is 1. The Morgan fingerprint density at radius 3 is 2.46 bits per heavy atom. The molecule has 6 rings (SSSR count). The van der Waals surface area contributed by atoms with Crippen LogP contribution in [0.4, 0.5) is 0 Å². The first kappa shape index (κ1) is 26.3. The van der Waals surface area contributed by atoms with Gasteiger partial charge in [-0.25, -0.2) is 0 Å². The van der Waals surface area contributed by atoms with Crippen LogP contribution >= 0.6 is 11.6 Å². The van der Waals surface area contributed by atoms with Crippen LogP contribution in [0.15, 0.2) is 53.5 Å². The molecule has 4 aromatic rings. The smallest absolute Gasteiger partial charge is 0.257 e. The Morgan fingerprint density at radius 1 is 0.923 bits per heavy atom. The van der Waals surface area contributed by atoms with Gasteiger partial charge in [0, 0.05) is 66.8 Å². The van der Waals surface area contributed by atoms with Crippen LogP contribution in [0.5, 0.6) is 0 Å². The van der Waals surface area contributed by atoms with E-state index in [0.29, 0.717) is 17.0 Å². The second-order valence-electron chi connectivity index (χ2n) is 10.8. The number of benzene rings is 2. The van der Waals surface area contributed by atoms with E-state index >= 15 is 0 Å². The molecule has 0 saturated carbocycles. The number of nitrogens with one attached hydrogen (secondary N) is 1. The van der Waals surface area contributed by atoms with Gasteiger partial charge in [-0.2, -0.15) is 0 Å². The molecule has 2 aromatic carbocycles. The van der Waals surface area contributed by atoms with Gasteiger partial charge in [-0.1, -0.05) is 30.2 Å². The van der Waals surface area contributed by atoms with Crippen molar-refractivity contribution in [3.8, 4) is 0 Å². The average Bonchev–Trinajstić information content (AvgIpc) is 3.31. The van der Waals surface area contributed by atoms with E-state index in [-0.39, 0.29) is 16.9 Å². The number of halogens is 1. The lowest BCUT2D eigenvalue weighted by molar-refractivity contribution is 0.0342. The third-order valence-electron chi connectivity index (χ3n) is 8.07. The standard InChI is InChI=1S/C31H35ClN4O3/c32-25-6-4-22(5-7-25)19-33-31(38)28-21-36-26(8-11-34-9-2-1-3-10-34)18-24-16-23(17-27(29(24)36)30(28)37)20-35-12-14-39-15-13-35/h4-7,16-18,21H,1-3,8-15,19-20H2,(H,33,38). The molecular formula is C31H35ClN4O3. The minimum absolute atomic E-state index is 0.178. The molecule has 0 bridgehead atoms. The summed E-state index contributed by atoms with van der Waals surface area (Å²) in [4.78, 5) is 32.0. The van der Waals surface area contributed by atoms with Crippen molar-refractivity contribution in [2.45, 2.75) is 38.8 Å². The summed E-state index contributed by atoms with van der Waals surface area (Å²) in [6.07, 6.45) is 6.44. The van der Waals surface area contributed by atoms with Crippen LogP contribution in [0.2, 0.25) is 5.02 Å². The molecule has 2 fully saturated rings. The topological polar surface area (TPSA) is 66.3 Å². The zero-order chi connectivity index (χ0) is 26.8. The van der Waals surface area contributed by atoms with Crippen LogP contribution < -0.4 is 10.7 Å². The molecule has 1 amide bonds. The van der Waals surface area contributed by atoms with E-state index in [1.807, 2.05) is 18.2 Å².